The van der Waals surface area contributed by atoms with Crippen LogP contribution in [0.3, 0.4) is 0 Å². The summed E-state index contributed by atoms with van der Waals surface area (Å²) in [5, 5.41) is 0. The second-order valence-corrected chi connectivity index (χ2v) is 7.63. The lowest BCUT2D eigenvalue weighted by molar-refractivity contribution is 0.262. The van der Waals surface area contributed by atoms with E-state index in [9.17, 15) is 8.42 Å². The van der Waals surface area contributed by atoms with Gasteiger partial charge in [-0.25, -0.2) is 0 Å². The maximum atomic E-state index is 12.3. The minimum atomic E-state index is -3.29. The van der Waals surface area contributed by atoms with Crippen molar-refractivity contribution >= 4 is 10.2 Å². The van der Waals surface area contributed by atoms with E-state index < -0.39 is 10.2 Å². The number of hydrogen-bond donors (Lipinski definition) is 1. The molecule has 1 rings (SSSR count). The molecule has 6 heteroatoms. The van der Waals surface area contributed by atoms with Gasteiger partial charge in [-0.2, -0.15) is 17.0 Å². The predicted molar refractivity (Wildman–Crippen MR) is 69.8 cm³/mol. The van der Waals surface area contributed by atoms with Gasteiger partial charge in [0.2, 0.25) is 0 Å². The normalized spacial score (nSPS) is 19.8. The molecular weight excluding hydrogens is 238 g/mol. The first-order chi connectivity index (χ1) is 7.79. The molecule has 0 bridgehead atoms. The molecule has 1 aliphatic rings. The van der Waals surface area contributed by atoms with Crippen molar-refractivity contribution < 1.29 is 8.42 Å². The van der Waals surface area contributed by atoms with Crippen LogP contribution in [0.5, 0.6) is 0 Å². The van der Waals surface area contributed by atoms with Crippen molar-refractivity contribution in [3.63, 3.8) is 0 Å². The molecule has 0 saturated carbocycles. The fraction of sp³-hybridized carbons (Fsp3) is 1.00. The van der Waals surface area contributed by atoms with Crippen molar-refractivity contribution in [1.82, 2.24) is 8.61 Å². The Morgan fingerprint density at radius 3 is 2.24 bits per heavy atom. The molecule has 0 aromatic carbocycles. The molecule has 1 aliphatic heterocycles. The molecule has 0 unspecified atom stereocenters. The van der Waals surface area contributed by atoms with E-state index in [-0.39, 0.29) is 5.41 Å². The van der Waals surface area contributed by atoms with E-state index in [0.717, 1.165) is 19.3 Å². The highest BCUT2D eigenvalue weighted by Crippen LogP contribution is 2.20. The molecule has 1 fully saturated rings. The monoisotopic (exact) mass is 263 g/mol. The quantitative estimate of drug-likeness (QED) is 0.791. The zero-order chi connectivity index (χ0) is 13.1. The minimum absolute atomic E-state index is 0.183. The molecule has 0 aliphatic carbocycles. The summed E-state index contributed by atoms with van der Waals surface area (Å²) in [5.41, 5.74) is 5.46. The van der Waals surface area contributed by atoms with E-state index in [1.54, 1.807) is 11.4 Å². The minimum Gasteiger partial charge on any atom is -0.330 e. The third-order valence-electron chi connectivity index (χ3n) is 3.24. The Morgan fingerprint density at radius 1 is 1.24 bits per heavy atom. The Kier molecular flexibility index (Phi) is 4.95. The first-order valence-electron chi connectivity index (χ1n) is 6.21. The molecule has 2 N–H and O–H groups in total. The molecule has 0 atom stereocenters. The summed E-state index contributed by atoms with van der Waals surface area (Å²) in [7, 11) is -1.65. The average Bonchev–Trinajstić information content (AvgIpc) is 2.29. The summed E-state index contributed by atoms with van der Waals surface area (Å²) in [6.45, 7) is 6.20. The van der Waals surface area contributed by atoms with E-state index >= 15 is 0 Å². The largest absolute Gasteiger partial charge is 0.330 e. The van der Waals surface area contributed by atoms with Gasteiger partial charge in [-0.3, -0.25) is 0 Å². The van der Waals surface area contributed by atoms with Crippen molar-refractivity contribution in [2.24, 2.45) is 11.1 Å². The summed E-state index contributed by atoms with van der Waals surface area (Å²) in [6.07, 6.45) is 3.06. The van der Waals surface area contributed by atoms with Crippen LogP contribution in [0.4, 0.5) is 0 Å². The van der Waals surface area contributed by atoms with E-state index in [4.69, 9.17) is 5.73 Å². The van der Waals surface area contributed by atoms with Crippen LogP contribution in [0.15, 0.2) is 0 Å². The van der Waals surface area contributed by atoms with Gasteiger partial charge in [0.1, 0.15) is 0 Å². The van der Waals surface area contributed by atoms with Crippen molar-refractivity contribution in [2.75, 3.05) is 33.2 Å². The van der Waals surface area contributed by atoms with Gasteiger partial charge < -0.3 is 5.73 Å². The number of piperidine rings is 1. The molecule has 1 saturated heterocycles. The Hall–Kier alpha value is -0.170. The van der Waals surface area contributed by atoms with Crippen LogP contribution in [0.25, 0.3) is 0 Å². The van der Waals surface area contributed by atoms with Crippen molar-refractivity contribution in [3.8, 4) is 0 Å². The molecule has 0 aromatic rings. The molecule has 1 heterocycles. The molecule has 0 amide bonds. The van der Waals surface area contributed by atoms with Crippen LogP contribution < -0.4 is 5.73 Å². The van der Waals surface area contributed by atoms with E-state index in [0.29, 0.717) is 26.2 Å². The lowest BCUT2D eigenvalue weighted by atomic mass is 9.94. The standard InChI is InChI=1S/C11H25N3O2S/c1-11(2,9-12)10-13(3)17(15,16)14-7-5-4-6-8-14/h4-10,12H2,1-3H3. The van der Waals surface area contributed by atoms with E-state index in [1.807, 2.05) is 13.8 Å². The van der Waals surface area contributed by atoms with Crippen molar-refractivity contribution in [1.29, 1.82) is 0 Å². The fourth-order valence-corrected chi connectivity index (χ4v) is 3.67. The lowest BCUT2D eigenvalue weighted by Crippen LogP contribution is -2.48. The van der Waals surface area contributed by atoms with Gasteiger partial charge >= 0.3 is 0 Å². The van der Waals surface area contributed by atoms with Gasteiger partial charge in [0.25, 0.3) is 10.2 Å². The molecule has 0 aromatic heterocycles. The topological polar surface area (TPSA) is 66.6 Å². The zero-order valence-corrected chi connectivity index (χ0v) is 12.0. The summed E-state index contributed by atoms with van der Waals surface area (Å²) in [5.74, 6) is 0. The Balaban J connectivity index is 2.69. The first-order valence-corrected chi connectivity index (χ1v) is 7.61. The summed E-state index contributed by atoms with van der Waals surface area (Å²) >= 11 is 0. The van der Waals surface area contributed by atoms with Gasteiger partial charge in [-0.05, 0) is 24.8 Å². The van der Waals surface area contributed by atoms with Gasteiger partial charge in [-0.15, -0.1) is 0 Å². The molecule has 102 valence electrons. The van der Waals surface area contributed by atoms with Crippen molar-refractivity contribution in [2.45, 2.75) is 33.1 Å². The maximum Gasteiger partial charge on any atom is 0.281 e. The molecular formula is C11H25N3O2S. The number of nitrogens with two attached hydrogens (primary N) is 1. The smallest absolute Gasteiger partial charge is 0.281 e. The third kappa shape index (κ3) is 3.91. The first kappa shape index (κ1) is 14.9. The van der Waals surface area contributed by atoms with E-state index in [2.05, 4.69) is 0 Å². The van der Waals surface area contributed by atoms with Crippen LogP contribution >= 0.6 is 0 Å². The van der Waals surface area contributed by atoms with Gasteiger partial charge in [0.15, 0.2) is 0 Å². The van der Waals surface area contributed by atoms with E-state index in [1.165, 1.54) is 4.31 Å². The molecule has 17 heavy (non-hydrogen) atoms. The summed E-state index contributed by atoms with van der Waals surface area (Å²) < 4.78 is 27.6. The van der Waals surface area contributed by atoms with Crippen LogP contribution in [-0.4, -0.2) is 50.3 Å². The van der Waals surface area contributed by atoms with Crippen LogP contribution in [0, 0.1) is 5.41 Å². The molecule has 0 radical (unpaired) electrons. The Labute approximate surface area is 105 Å². The Bertz CT molecular complexity index is 335. The van der Waals surface area contributed by atoms with Crippen LogP contribution in [0.1, 0.15) is 33.1 Å². The number of rotatable bonds is 5. The van der Waals surface area contributed by atoms with Gasteiger partial charge in [0.05, 0.1) is 0 Å². The van der Waals surface area contributed by atoms with Crippen LogP contribution in [-0.2, 0) is 10.2 Å². The predicted octanol–water partition coefficient (Wildman–Crippen LogP) is 0.634. The maximum absolute atomic E-state index is 12.3. The van der Waals surface area contributed by atoms with Gasteiger partial charge in [-0.1, -0.05) is 20.3 Å². The molecule has 0 spiro atoms. The lowest BCUT2D eigenvalue weighted by Gasteiger charge is -2.34. The highest BCUT2D eigenvalue weighted by molar-refractivity contribution is 7.86. The SMILES string of the molecule is CN(CC(C)(C)CN)S(=O)(=O)N1CCCCC1. The van der Waals surface area contributed by atoms with Gasteiger partial charge in [0, 0.05) is 26.7 Å². The van der Waals surface area contributed by atoms with Crippen LogP contribution in [0.2, 0.25) is 0 Å². The Morgan fingerprint density at radius 2 is 1.76 bits per heavy atom. The number of hydrogen-bond acceptors (Lipinski definition) is 3. The second-order valence-electron chi connectivity index (χ2n) is 5.59. The molecule has 5 nitrogen and oxygen atoms in total. The average molecular weight is 263 g/mol. The summed E-state index contributed by atoms with van der Waals surface area (Å²) in [6, 6.07) is 0. The second kappa shape index (κ2) is 5.65. The third-order valence-corrected chi connectivity index (χ3v) is 5.17. The summed E-state index contributed by atoms with van der Waals surface area (Å²) in [4.78, 5) is 0. The van der Waals surface area contributed by atoms with Crippen molar-refractivity contribution in [3.05, 3.63) is 0 Å². The fourth-order valence-electron chi connectivity index (χ4n) is 2.04. The highest BCUT2D eigenvalue weighted by Gasteiger charge is 2.31. The zero-order valence-electron chi connectivity index (χ0n) is 11.1. The highest BCUT2D eigenvalue weighted by atomic mass is 32.2. The number of nitrogens with zero attached hydrogens (tertiary/aromatic N) is 2.